The van der Waals surface area contributed by atoms with Gasteiger partial charge in [-0.1, -0.05) is 30.1 Å². The van der Waals surface area contributed by atoms with E-state index in [1.165, 1.54) is 5.56 Å². The zero-order valence-electron chi connectivity index (χ0n) is 14.7. The van der Waals surface area contributed by atoms with Gasteiger partial charge in [-0.2, -0.15) is 0 Å². The van der Waals surface area contributed by atoms with E-state index in [-0.39, 0.29) is 22.9 Å². The van der Waals surface area contributed by atoms with E-state index in [1.807, 2.05) is 13.1 Å². The molecular formula is C20H21Cl2N3O. The summed E-state index contributed by atoms with van der Waals surface area (Å²) in [6.45, 7) is 4.30. The van der Waals surface area contributed by atoms with Gasteiger partial charge in [0, 0.05) is 17.8 Å². The normalized spacial score (nSPS) is 29.8. The Hall–Kier alpha value is -1.65. The third-order valence-corrected chi connectivity index (χ3v) is 6.69. The molecule has 5 unspecified atom stereocenters. The van der Waals surface area contributed by atoms with Gasteiger partial charge in [-0.15, -0.1) is 0 Å². The molecule has 2 aromatic rings. The summed E-state index contributed by atoms with van der Waals surface area (Å²) < 4.78 is 0. The van der Waals surface area contributed by atoms with Crippen molar-refractivity contribution in [3.8, 4) is 0 Å². The highest BCUT2D eigenvalue weighted by Gasteiger charge is 2.54. The number of nitrogens with zero attached hydrogens (tertiary/aromatic N) is 2. The van der Waals surface area contributed by atoms with Crippen LogP contribution in [0.3, 0.4) is 0 Å². The van der Waals surface area contributed by atoms with Gasteiger partial charge in [0.15, 0.2) is 0 Å². The lowest BCUT2D eigenvalue weighted by molar-refractivity contribution is -0.122. The Balaban J connectivity index is 1.62. The number of pyridine rings is 2. The minimum atomic E-state index is -0.0348. The predicted octanol–water partition coefficient (Wildman–Crippen LogP) is 5.11. The molecule has 2 saturated carbocycles. The Morgan fingerprint density at radius 3 is 2.77 bits per heavy atom. The number of aromatic nitrogens is 2. The van der Waals surface area contributed by atoms with Crippen LogP contribution in [0.15, 0.2) is 30.6 Å². The molecule has 1 N–H and O–H groups in total. The van der Waals surface area contributed by atoms with Crippen LogP contribution in [-0.2, 0) is 4.79 Å². The van der Waals surface area contributed by atoms with Crippen LogP contribution in [0.4, 0.5) is 5.69 Å². The molecule has 0 spiro atoms. The first-order valence-corrected chi connectivity index (χ1v) is 9.74. The summed E-state index contributed by atoms with van der Waals surface area (Å²) >= 11 is 11.9. The van der Waals surface area contributed by atoms with Crippen LogP contribution in [0.5, 0.6) is 0 Å². The third-order valence-electron chi connectivity index (χ3n) is 6.01. The summed E-state index contributed by atoms with van der Waals surface area (Å²) in [6.07, 6.45) is 5.63. The van der Waals surface area contributed by atoms with E-state index in [9.17, 15) is 4.79 Å². The van der Waals surface area contributed by atoms with Crippen LogP contribution in [0.1, 0.15) is 36.9 Å². The van der Waals surface area contributed by atoms with Crippen molar-refractivity contribution >= 4 is 34.8 Å². The zero-order chi connectivity index (χ0) is 18.4. The minimum absolute atomic E-state index is 0.0348. The Kier molecular flexibility index (Phi) is 4.66. The largest absolute Gasteiger partial charge is 0.324 e. The van der Waals surface area contributed by atoms with Gasteiger partial charge in [0.25, 0.3) is 0 Å². The van der Waals surface area contributed by atoms with Crippen LogP contribution in [0.2, 0.25) is 10.2 Å². The number of amides is 1. The maximum absolute atomic E-state index is 13.1. The monoisotopic (exact) mass is 389 g/mol. The molecule has 0 saturated heterocycles. The second-order valence-electron chi connectivity index (χ2n) is 7.64. The van der Waals surface area contributed by atoms with Gasteiger partial charge >= 0.3 is 0 Å². The summed E-state index contributed by atoms with van der Waals surface area (Å²) in [5, 5.41) is 3.59. The molecule has 4 rings (SSSR count). The molecule has 2 aromatic heterocycles. The highest BCUT2D eigenvalue weighted by molar-refractivity contribution is 6.41. The molecule has 0 radical (unpaired) electrons. The number of anilines is 1. The molecule has 2 aliphatic rings. The number of aryl methyl sites for hydroxylation is 1. The Morgan fingerprint density at radius 2 is 2.04 bits per heavy atom. The molecule has 6 heteroatoms. The van der Waals surface area contributed by atoms with Gasteiger partial charge in [0.05, 0.1) is 16.9 Å². The number of carbonyl (C=O) groups excluding carboxylic acids is 1. The second kappa shape index (κ2) is 6.82. The average Bonchev–Trinajstić information content (AvgIpc) is 3.15. The van der Waals surface area contributed by atoms with Crippen LogP contribution in [0.25, 0.3) is 0 Å². The van der Waals surface area contributed by atoms with E-state index in [0.29, 0.717) is 28.5 Å². The van der Waals surface area contributed by atoms with Crippen molar-refractivity contribution in [3.05, 3.63) is 52.0 Å². The van der Waals surface area contributed by atoms with Gasteiger partial charge in [-0.05, 0) is 67.2 Å². The van der Waals surface area contributed by atoms with Crippen molar-refractivity contribution in [1.82, 2.24) is 9.97 Å². The third kappa shape index (κ3) is 3.10. The summed E-state index contributed by atoms with van der Waals surface area (Å²) in [5.41, 5.74) is 2.81. The van der Waals surface area contributed by atoms with E-state index in [1.54, 1.807) is 12.3 Å². The maximum Gasteiger partial charge on any atom is 0.228 e. The average molecular weight is 390 g/mol. The standard InChI is InChI=1S/C20H21Cl2N3O/c1-10-5-13-7-15(10)17(12-3-4-23-11(2)6-12)18(13)20(26)25-14-8-16(21)19(22)24-9-14/h3-4,6,8-10,13,15,17-18H,5,7H2,1-2H3,(H,25,26). The number of rotatable bonds is 3. The van der Waals surface area contributed by atoms with Gasteiger partial charge < -0.3 is 5.32 Å². The molecule has 2 fully saturated rings. The Bertz CT molecular complexity index is 857. The van der Waals surface area contributed by atoms with E-state index < -0.39 is 0 Å². The number of carbonyl (C=O) groups is 1. The molecule has 4 nitrogen and oxygen atoms in total. The summed E-state index contributed by atoms with van der Waals surface area (Å²) in [5.74, 6) is 1.86. The van der Waals surface area contributed by atoms with Crippen molar-refractivity contribution in [3.63, 3.8) is 0 Å². The smallest absolute Gasteiger partial charge is 0.228 e. The highest BCUT2D eigenvalue weighted by Crippen LogP contribution is 2.59. The Labute approximate surface area is 163 Å². The van der Waals surface area contributed by atoms with Crippen molar-refractivity contribution in [1.29, 1.82) is 0 Å². The lowest BCUT2D eigenvalue weighted by Crippen LogP contribution is -2.35. The first-order valence-electron chi connectivity index (χ1n) is 8.98. The number of halogens is 2. The fourth-order valence-corrected chi connectivity index (χ4v) is 5.28. The molecule has 26 heavy (non-hydrogen) atoms. The topological polar surface area (TPSA) is 54.9 Å². The van der Waals surface area contributed by atoms with Crippen molar-refractivity contribution in [2.45, 2.75) is 32.6 Å². The zero-order valence-corrected chi connectivity index (χ0v) is 16.3. The van der Waals surface area contributed by atoms with E-state index in [4.69, 9.17) is 23.2 Å². The molecular weight excluding hydrogens is 369 g/mol. The second-order valence-corrected chi connectivity index (χ2v) is 8.41. The molecule has 0 aromatic carbocycles. The molecule has 0 aliphatic heterocycles. The van der Waals surface area contributed by atoms with Crippen molar-refractivity contribution < 1.29 is 4.79 Å². The number of nitrogens with one attached hydrogen (secondary N) is 1. The first kappa shape index (κ1) is 17.7. The molecule has 2 aliphatic carbocycles. The quantitative estimate of drug-likeness (QED) is 0.742. The lowest BCUT2D eigenvalue weighted by Gasteiger charge is -2.34. The van der Waals surface area contributed by atoms with E-state index in [0.717, 1.165) is 18.5 Å². The molecule has 136 valence electrons. The molecule has 2 bridgehead atoms. The number of hydrogen-bond acceptors (Lipinski definition) is 3. The van der Waals surface area contributed by atoms with Gasteiger partial charge in [-0.3, -0.25) is 9.78 Å². The number of fused-ring (bicyclic) bond motifs is 2. The first-order chi connectivity index (χ1) is 12.4. The fourth-order valence-electron chi connectivity index (χ4n) is 5.01. The van der Waals surface area contributed by atoms with Crippen LogP contribution < -0.4 is 5.32 Å². The van der Waals surface area contributed by atoms with Gasteiger partial charge in [-0.25, -0.2) is 4.98 Å². The predicted molar refractivity (Wildman–Crippen MR) is 103 cm³/mol. The Morgan fingerprint density at radius 1 is 1.23 bits per heavy atom. The molecule has 2 heterocycles. The van der Waals surface area contributed by atoms with Crippen LogP contribution >= 0.6 is 23.2 Å². The summed E-state index contributed by atoms with van der Waals surface area (Å²) in [4.78, 5) is 21.5. The SMILES string of the molecule is Cc1cc(C2C3CC(CC3C)C2C(=O)Nc2cnc(Cl)c(Cl)c2)ccn1. The van der Waals surface area contributed by atoms with Crippen molar-refractivity contribution in [2.24, 2.45) is 23.7 Å². The molecule has 5 atom stereocenters. The van der Waals surface area contributed by atoms with E-state index >= 15 is 0 Å². The maximum atomic E-state index is 13.1. The molecule has 1 amide bonds. The van der Waals surface area contributed by atoms with Gasteiger partial charge in [0.1, 0.15) is 5.15 Å². The van der Waals surface area contributed by atoms with Crippen molar-refractivity contribution in [2.75, 3.05) is 5.32 Å². The minimum Gasteiger partial charge on any atom is -0.324 e. The van der Waals surface area contributed by atoms with E-state index in [2.05, 4.69) is 34.3 Å². The fraction of sp³-hybridized carbons (Fsp3) is 0.450. The number of hydrogen-bond donors (Lipinski definition) is 1. The van der Waals surface area contributed by atoms with Crippen LogP contribution in [0, 0.1) is 30.6 Å². The van der Waals surface area contributed by atoms with Crippen LogP contribution in [-0.4, -0.2) is 15.9 Å². The van der Waals surface area contributed by atoms with Gasteiger partial charge in [0.2, 0.25) is 5.91 Å². The summed E-state index contributed by atoms with van der Waals surface area (Å²) in [7, 11) is 0. The summed E-state index contributed by atoms with van der Waals surface area (Å²) in [6, 6.07) is 5.83. The lowest BCUT2D eigenvalue weighted by atomic mass is 9.71. The highest BCUT2D eigenvalue weighted by atomic mass is 35.5.